The van der Waals surface area contributed by atoms with E-state index >= 15 is 0 Å². The fourth-order valence-corrected chi connectivity index (χ4v) is 2.41. The molecule has 0 atom stereocenters. The minimum absolute atomic E-state index is 0.00998. The molecule has 3 heterocycles. The van der Waals surface area contributed by atoms with Gasteiger partial charge in [0.2, 0.25) is 5.91 Å². The molecule has 4 heteroatoms. The quantitative estimate of drug-likeness (QED) is 0.833. The van der Waals surface area contributed by atoms with Crippen molar-refractivity contribution in [2.24, 2.45) is 0 Å². The Morgan fingerprint density at radius 3 is 3.21 bits per heavy atom. The summed E-state index contributed by atoms with van der Waals surface area (Å²) in [6.07, 6.45) is 7.94. The van der Waals surface area contributed by atoms with Crippen molar-refractivity contribution in [2.75, 3.05) is 13.1 Å². The second-order valence-corrected chi connectivity index (χ2v) is 4.50. The van der Waals surface area contributed by atoms with Crippen LogP contribution in [0.15, 0.2) is 37.2 Å². The minimum Gasteiger partial charge on any atom is -0.346 e. The van der Waals surface area contributed by atoms with E-state index in [1.807, 2.05) is 12.3 Å². The zero-order valence-electron chi connectivity index (χ0n) is 10.5. The van der Waals surface area contributed by atoms with Gasteiger partial charge in [-0.2, -0.15) is 0 Å². The van der Waals surface area contributed by atoms with Crippen molar-refractivity contribution < 1.29 is 4.79 Å². The molecule has 1 aliphatic rings. The molecular weight excluding hydrogens is 238 g/mol. The largest absolute Gasteiger partial charge is 0.346 e. The zero-order valence-corrected chi connectivity index (χ0v) is 10.5. The SMILES string of the molecule is C=CC(=O)N1CC=C(c2c[nH]c3nc[c]cc23)CC1. The van der Waals surface area contributed by atoms with Crippen LogP contribution in [-0.4, -0.2) is 33.9 Å². The molecule has 1 aliphatic heterocycles. The number of nitrogens with zero attached hydrogens (tertiary/aromatic N) is 2. The molecule has 3 rings (SSSR count). The van der Waals surface area contributed by atoms with E-state index in [1.54, 1.807) is 11.1 Å². The Kier molecular flexibility index (Phi) is 2.91. The third-order valence-electron chi connectivity index (χ3n) is 3.44. The summed E-state index contributed by atoms with van der Waals surface area (Å²) in [6, 6.07) is 4.94. The van der Waals surface area contributed by atoms with Crippen LogP contribution >= 0.6 is 0 Å². The van der Waals surface area contributed by atoms with Crippen molar-refractivity contribution in [3.63, 3.8) is 0 Å². The highest BCUT2D eigenvalue weighted by atomic mass is 16.2. The van der Waals surface area contributed by atoms with Crippen molar-refractivity contribution in [1.82, 2.24) is 14.9 Å². The summed E-state index contributed by atoms with van der Waals surface area (Å²) < 4.78 is 0. The molecule has 2 aromatic heterocycles. The lowest BCUT2D eigenvalue weighted by molar-refractivity contribution is -0.125. The number of aromatic nitrogens is 2. The molecule has 1 radical (unpaired) electrons. The number of hydrogen-bond donors (Lipinski definition) is 1. The van der Waals surface area contributed by atoms with Crippen LogP contribution in [0.5, 0.6) is 0 Å². The second-order valence-electron chi connectivity index (χ2n) is 4.50. The monoisotopic (exact) mass is 252 g/mol. The highest BCUT2D eigenvalue weighted by Crippen LogP contribution is 2.28. The molecule has 0 aromatic carbocycles. The number of carbonyl (C=O) groups is 1. The number of rotatable bonds is 2. The summed E-state index contributed by atoms with van der Waals surface area (Å²) in [6.45, 7) is 4.88. The van der Waals surface area contributed by atoms with E-state index in [0.29, 0.717) is 6.54 Å². The van der Waals surface area contributed by atoms with Crippen LogP contribution in [0.25, 0.3) is 16.6 Å². The van der Waals surface area contributed by atoms with Gasteiger partial charge < -0.3 is 9.88 Å². The van der Waals surface area contributed by atoms with Gasteiger partial charge in [0.15, 0.2) is 0 Å². The van der Waals surface area contributed by atoms with Gasteiger partial charge in [0.05, 0.1) is 0 Å². The van der Waals surface area contributed by atoms with Gasteiger partial charge in [0.1, 0.15) is 5.65 Å². The summed E-state index contributed by atoms with van der Waals surface area (Å²) in [7, 11) is 0. The Bertz CT molecular complexity index is 669. The molecule has 95 valence electrons. The summed E-state index contributed by atoms with van der Waals surface area (Å²) in [5, 5.41) is 1.08. The zero-order chi connectivity index (χ0) is 13.2. The molecular formula is C15H14N3O. The van der Waals surface area contributed by atoms with Crippen molar-refractivity contribution in [3.8, 4) is 0 Å². The van der Waals surface area contributed by atoms with E-state index in [9.17, 15) is 4.79 Å². The summed E-state index contributed by atoms with van der Waals surface area (Å²) >= 11 is 0. The Morgan fingerprint density at radius 1 is 1.58 bits per heavy atom. The number of carbonyl (C=O) groups excluding carboxylic acids is 1. The summed E-state index contributed by atoms with van der Waals surface area (Å²) in [4.78, 5) is 20.7. The molecule has 0 bridgehead atoms. The third-order valence-corrected chi connectivity index (χ3v) is 3.44. The molecule has 0 saturated carbocycles. The number of hydrogen-bond acceptors (Lipinski definition) is 2. The van der Waals surface area contributed by atoms with Gasteiger partial charge in [0, 0.05) is 42.5 Å². The molecule has 2 aromatic rings. The Hall–Kier alpha value is -2.36. The van der Waals surface area contributed by atoms with Crippen LogP contribution in [0.3, 0.4) is 0 Å². The Balaban J connectivity index is 1.90. The van der Waals surface area contributed by atoms with Gasteiger partial charge in [-0.15, -0.1) is 0 Å². The van der Waals surface area contributed by atoms with Crippen LogP contribution < -0.4 is 0 Å². The molecule has 0 aliphatic carbocycles. The van der Waals surface area contributed by atoms with E-state index in [0.717, 1.165) is 29.6 Å². The lowest BCUT2D eigenvalue weighted by Crippen LogP contribution is -2.33. The predicted octanol–water partition coefficient (Wildman–Crippen LogP) is 2.16. The number of H-pyrrole nitrogens is 1. The first-order valence-electron chi connectivity index (χ1n) is 6.23. The van der Waals surface area contributed by atoms with Crippen molar-refractivity contribution >= 4 is 22.5 Å². The van der Waals surface area contributed by atoms with E-state index in [4.69, 9.17) is 0 Å². The maximum Gasteiger partial charge on any atom is 0.246 e. The fraction of sp³-hybridized carbons (Fsp3) is 0.200. The number of fused-ring (bicyclic) bond motifs is 1. The summed E-state index contributed by atoms with van der Waals surface area (Å²) in [5.74, 6) is -0.00998. The van der Waals surface area contributed by atoms with Crippen LogP contribution in [0.4, 0.5) is 0 Å². The molecule has 1 amide bonds. The molecule has 0 saturated heterocycles. The smallest absolute Gasteiger partial charge is 0.246 e. The standard InChI is InChI=1S/C15H14N3O/c1-2-14(19)18-8-5-11(6-9-18)13-10-17-15-12(13)4-3-7-16-15/h2,4-5,7,10H,1,6,8-9H2,(H,16,17). The molecule has 0 fully saturated rings. The van der Waals surface area contributed by atoms with E-state index in [2.05, 4.69) is 28.7 Å². The number of aromatic amines is 1. The topological polar surface area (TPSA) is 49.0 Å². The highest BCUT2D eigenvalue weighted by Gasteiger charge is 2.17. The van der Waals surface area contributed by atoms with Crippen molar-refractivity contribution in [2.45, 2.75) is 6.42 Å². The first kappa shape index (κ1) is 11.7. The van der Waals surface area contributed by atoms with Gasteiger partial charge >= 0.3 is 0 Å². The molecule has 1 N–H and O–H groups in total. The van der Waals surface area contributed by atoms with E-state index in [1.165, 1.54) is 11.6 Å². The molecule has 0 spiro atoms. The van der Waals surface area contributed by atoms with Crippen LogP contribution in [-0.2, 0) is 4.79 Å². The second kappa shape index (κ2) is 4.72. The maximum atomic E-state index is 11.5. The molecule has 4 nitrogen and oxygen atoms in total. The highest BCUT2D eigenvalue weighted by molar-refractivity contribution is 5.92. The van der Waals surface area contributed by atoms with E-state index in [-0.39, 0.29) is 5.91 Å². The average Bonchev–Trinajstić information content (AvgIpc) is 2.90. The average molecular weight is 252 g/mol. The first-order valence-corrected chi connectivity index (χ1v) is 6.23. The first-order chi connectivity index (χ1) is 9.29. The Morgan fingerprint density at radius 2 is 2.47 bits per heavy atom. The maximum absolute atomic E-state index is 11.5. The molecule has 0 unspecified atom stereocenters. The van der Waals surface area contributed by atoms with Crippen molar-refractivity contribution in [1.29, 1.82) is 0 Å². The predicted molar refractivity (Wildman–Crippen MR) is 74.3 cm³/mol. The van der Waals surface area contributed by atoms with Gasteiger partial charge in [0.25, 0.3) is 0 Å². The lowest BCUT2D eigenvalue weighted by Gasteiger charge is -2.25. The van der Waals surface area contributed by atoms with Gasteiger partial charge in [-0.1, -0.05) is 12.7 Å². The minimum atomic E-state index is -0.00998. The van der Waals surface area contributed by atoms with Gasteiger partial charge in [-0.25, -0.2) is 4.98 Å². The van der Waals surface area contributed by atoms with Gasteiger partial charge in [-0.05, 0) is 24.1 Å². The Labute approximate surface area is 111 Å². The number of pyridine rings is 1. The number of amides is 1. The normalized spacial score (nSPS) is 15.4. The summed E-state index contributed by atoms with van der Waals surface area (Å²) in [5.41, 5.74) is 3.28. The number of nitrogens with one attached hydrogen (secondary N) is 1. The molecule has 19 heavy (non-hydrogen) atoms. The van der Waals surface area contributed by atoms with Gasteiger partial charge in [-0.3, -0.25) is 4.79 Å². The fourth-order valence-electron chi connectivity index (χ4n) is 2.41. The third kappa shape index (κ3) is 2.05. The lowest BCUT2D eigenvalue weighted by atomic mass is 9.99. The van der Waals surface area contributed by atoms with Crippen LogP contribution in [0.1, 0.15) is 12.0 Å². The van der Waals surface area contributed by atoms with Crippen LogP contribution in [0, 0.1) is 6.07 Å². The van der Waals surface area contributed by atoms with Crippen molar-refractivity contribution in [3.05, 3.63) is 48.8 Å². The van der Waals surface area contributed by atoms with Crippen LogP contribution in [0.2, 0.25) is 0 Å². The van der Waals surface area contributed by atoms with E-state index < -0.39 is 0 Å².